The van der Waals surface area contributed by atoms with Crippen molar-refractivity contribution in [1.82, 2.24) is 4.90 Å². The van der Waals surface area contributed by atoms with Gasteiger partial charge in [-0.2, -0.15) is 0 Å². The van der Waals surface area contributed by atoms with E-state index in [2.05, 4.69) is 18.2 Å². The quantitative estimate of drug-likeness (QED) is 0.783. The van der Waals surface area contributed by atoms with Crippen LogP contribution in [0.15, 0.2) is 42.5 Å². The van der Waals surface area contributed by atoms with Crippen molar-refractivity contribution in [3.63, 3.8) is 0 Å². The maximum absolute atomic E-state index is 12.4. The first kappa shape index (κ1) is 14.9. The number of halogens is 1. The summed E-state index contributed by atoms with van der Waals surface area (Å²) in [5.74, 6) is 0.511. The fraction of sp³-hybridized carbons (Fsp3) is 0.353. The fourth-order valence-corrected chi connectivity index (χ4v) is 2.33. The van der Waals surface area contributed by atoms with Crippen LogP contribution in [0.1, 0.15) is 19.4 Å². The van der Waals surface area contributed by atoms with E-state index in [4.69, 9.17) is 11.6 Å². The van der Waals surface area contributed by atoms with E-state index >= 15 is 0 Å². The molecule has 0 N–H and O–H groups in total. The number of rotatable bonds is 4. The van der Waals surface area contributed by atoms with Crippen LogP contribution in [0.5, 0.6) is 0 Å². The Kier molecular flexibility index (Phi) is 4.34. The maximum Gasteiger partial charge on any atom is 0.227 e. The van der Waals surface area contributed by atoms with Crippen molar-refractivity contribution in [2.45, 2.75) is 25.8 Å². The molecule has 0 aliphatic rings. The Morgan fingerprint density at radius 1 is 1.15 bits per heavy atom. The van der Waals surface area contributed by atoms with Crippen LogP contribution in [0, 0.1) is 0 Å². The molecular formula is C17H20ClNO. The van der Waals surface area contributed by atoms with E-state index in [0.29, 0.717) is 12.3 Å². The number of likely N-dealkylation sites (N-methyl/N-ethyl adjacent to an activating group) is 1. The van der Waals surface area contributed by atoms with Gasteiger partial charge in [-0.1, -0.05) is 42.5 Å². The number of benzene rings is 2. The second-order valence-electron chi connectivity index (χ2n) is 5.71. The highest BCUT2D eigenvalue weighted by Crippen LogP contribution is 2.21. The molecule has 106 valence electrons. The highest BCUT2D eigenvalue weighted by molar-refractivity contribution is 6.18. The molecule has 0 heterocycles. The number of hydrogen-bond donors (Lipinski definition) is 0. The predicted octanol–water partition coefficient (Wildman–Crippen LogP) is 3.86. The summed E-state index contributed by atoms with van der Waals surface area (Å²) >= 11 is 5.94. The minimum Gasteiger partial charge on any atom is -0.339 e. The van der Waals surface area contributed by atoms with Crippen LogP contribution >= 0.6 is 11.6 Å². The first-order valence-electron chi connectivity index (χ1n) is 6.75. The second kappa shape index (κ2) is 5.84. The number of fused-ring (bicyclic) bond motifs is 1. The first-order chi connectivity index (χ1) is 9.45. The van der Waals surface area contributed by atoms with Crippen LogP contribution < -0.4 is 0 Å². The summed E-state index contributed by atoms with van der Waals surface area (Å²) in [7, 11) is 1.82. The molecule has 0 aliphatic heterocycles. The van der Waals surface area contributed by atoms with E-state index in [0.717, 1.165) is 16.3 Å². The zero-order chi connectivity index (χ0) is 14.8. The Morgan fingerprint density at radius 2 is 1.80 bits per heavy atom. The average Bonchev–Trinajstić information content (AvgIpc) is 2.46. The van der Waals surface area contributed by atoms with E-state index in [9.17, 15) is 4.79 Å². The lowest BCUT2D eigenvalue weighted by molar-refractivity contribution is -0.133. The van der Waals surface area contributed by atoms with Gasteiger partial charge in [0, 0.05) is 12.9 Å². The van der Waals surface area contributed by atoms with Gasteiger partial charge in [-0.3, -0.25) is 4.79 Å². The molecule has 0 spiro atoms. The standard InChI is InChI=1S/C17H20ClNO/c1-17(2,12-18)19(3)16(20)11-14-9-6-8-13-7-4-5-10-15(13)14/h4-10H,11-12H2,1-3H3. The summed E-state index contributed by atoms with van der Waals surface area (Å²) in [5.41, 5.74) is 0.730. The van der Waals surface area contributed by atoms with Crippen LogP contribution in [0.4, 0.5) is 0 Å². The van der Waals surface area contributed by atoms with E-state index in [-0.39, 0.29) is 11.4 Å². The van der Waals surface area contributed by atoms with Crippen molar-refractivity contribution in [1.29, 1.82) is 0 Å². The third-order valence-electron chi connectivity index (χ3n) is 3.83. The van der Waals surface area contributed by atoms with Gasteiger partial charge in [-0.15, -0.1) is 11.6 Å². The Bertz CT molecular complexity index is 616. The number of alkyl halides is 1. The molecular weight excluding hydrogens is 270 g/mol. The molecule has 2 rings (SSSR count). The SMILES string of the molecule is CN(C(=O)Cc1cccc2ccccc12)C(C)(C)CCl. The Labute approximate surface area is 125 Å². The van der Waals surface area contributed by atoms with Gasteiger partial charge < -0.3 is 4.90 Å². The lowest BCUT2D eigenvalue weighted by Crippen LogP contribution is -2.47. The molecule has 0 unspecified atom stereocenters. The van der Waals surface area contributed by atoms with E-state index < -0.39 is 0 Å². The zero-order valence-corrected chi connectivity index (χ0v) is 12.9. The van der Waals surface area contributed by atoms with Crippen molar-refractivity contribution in [3.8, 4) is 0 Å². The smallest absolute Gasteiger partial charge is 0.227 e. The molecule has 2 nitrogen and oxygen atoms in total. The van der Waals surface area contributed by atoms with Gasteiger partial charge >= 0.3 is 0 Å². The fourth-order valence-electron chi connectivity index (χ4n) is 2.16. The van der Waals surface area contributed by atoms with Gasteiger partial charge in [0.25, 0.3) is 0 Å². The number of amides is 1. The molecule has 0 aliphatic carbocycles. The molecule has 0 atom stereocenters. The van der Waals surface area contributed by atoms with Crippen molar-refractivity contribution in [2.75, 3.05) is 12.9 Å². The van der Waals surface area contributed by atoms with E-state index in [1.165, 1.54) is 0 Å². The van der Waals surface area contributed by atoms with Crippen LogP contribution in [0.2, 0.25) is 0 Å². The molecule has 0 aromatic heterocycles. The number of hydrogen-bond acceptors (Lipinski definition) is 1. The second-order valence-corrected chi connectivity index (χ2v) is 5.98. The molecule has 0 fully saturated rings. The molecule has 0 radical (unpaired) electrons. The molecule has 2 aromatic rings. The van der Waals surface area contributed by atoms with E-state index in [1.54, 1.807) is 4.90 Å². The molecule has 0 saturated carbocycles. The van der Waals surface area contributed by atoms with Crippen molar-refractivity contribution in [3.05, 3.63) is 48.0 Å². The molecule has 20 heavy (non-hydrogen) atoms. The third-order valence-corrected chi connectivity index (χ3v) is 4.48. The summed E-state index contributed by atoms with van der Waals surface area (Å²) in [6.45, 7) is 3.95. The van der Waals surface area contributed by atoms with Crippen molar-refractivity contribution in [2.24, 2.45) is 0 Å². The van der Waals surface area contributed by atoms with Crippen LogP contribution in [-0.4, -0.2) is 29.3 Å². The minimum atomic E-state index is -0.330. The Balaban J connectivity index is 2.27. The summed E-state index contributed by atoms with van der Waals surface area (Å²) in [6, 6.07) is 14.2. The monoisotopic (exact) mass is 289 g/mol. The zero-order valence-electron chi connectivity index (χ0n) is 12.2. The molecule has 1 amide bonds. The van der Waals surface area contributed by atoms with Crippen molar-refractivity contribution < 1.29 is 4.79 Å². The predicted molar refractivity (Wildman–Crippen MR) is 85.2 cm³/mol. The van der Waals surface area contributed by atoms with Crippen LogP contribution in [-0.2, 0) is 11.2 Å². The maximum atomic E-state index is 12.4. The van der Waals surface area contributed by atoms with Crippen molar-refractivity contribution >= 4 is 28.3 Å². The molecule has 3 heteroatoms. The number of nitrogens with zero attached hydrogens (tertiary/aromatic N) is 1. The Morgan fingerprint density at radius 3 is 2.50 bits per heavy atom. The van der Waals surface area contributed by atoms with Crippen LogP contribution in [0.25, 0.3) is 10.8 Å². The summed E-state index contributed by atoms with van der Waals surface area (Å²) in [6.07, 6.45) is 0.401. The highest BCUT2D eigenvalue weighted by Gasteiger charge is 2.26. The third kappa shape index (κ3) is 2.96. The van der Waals surface area contributed by atoms with Gasteiger partial charge in [0.05, 0.1) is 12.0 Å². The summed E-state index contributed by atoms with van der Waals surface area (Å²) < 4.78 is 0. The van der Waals surface area contributed by atoms with Crippen LogP contribution in [0.3, 0.4) is 0 Å². The lowest BCUT2D eigenvalue weighted by Gasteiger charge is -2.34. The minimum absolute atomic E-state index is 0.0898. The topological polar surface area (TPSA) is 20.3 Å². The molecule has 0 bridgehead atoms. The lowest BCUT2D eigenvalue weighted by atomic mass is 10.00. The van der Waals surface area contributed by atoms with Gasteiger partial charge in [-0.25, -0.2) is 0 Å². The van der Waals surface area contributed by atoms with E-state index in [1.807, 2.05) is 45.2 Å². The highest BCUT2D eigenvalue weighted by atomic mass is 35.5. The normalized spacial score (nSPS) is 11.6. The molecule has 2 aromatic carbocycles. The van der Waals surface area contributed by atoms with Gasteiger partial charge in [0.15, 0.2) is 0 Å². The largest absolute Gasteiger partial charge is 0.339 e. The average molecular weight is 290 g/mol. The van der Waals surface area contributed by atoms with Gasteiger partial charge in [-0.05, 0) is 30.2 Å². The van der Waals surface area contributed by atoms with Gasteiger partial charge in [0.2, 0.25) is 5.91 Å². The first-order valence-corrected chi connectivity index (χ1v) is 7.28. The van der Waals surface area contributed by atoms with Gasteiger partial charge in [0.1, 0.15) is 0 Å². The Hall–Kier alpha value is -1.54. The summed E-state index contributed by atoms with van der Waals surface area (Å²) in [5, 5.41) is 2.30. The number of carbonyl (C=O) groups is 1. The summed E-state index contributed by atoms with van der Waals surface area (Å²) in [4.78, 5) is 14.2. The molecule has 0 saturated heterocycles. The number of carbonyl (C=O) groups excluding carboxylic acids is 1.